The Kier molecular flexibility index (Phi) is 5.46. The third-order valence-electron chi connectivity index (χ3n) is 7.72. The van der Waals surface area contributed by atoms with Crippen molar-refractivity contribution in [1.29, 1.82) is 0 Å². The van der Waals surface area contributed by atoms with Crippen LogP contribution >= 0.6 is 11.6 Å². The second-order valence-electron chi connectivity index (χ2n) is 9.53. The summed E-state index contributed by atoms with van der Waals surface area (Å²) in [6.45, 7) is 0.740. The Morgan fingerprint density at radius 2 is 2.00 bits per heavy atom. The number of rotatable bonds is 5. The van der Waals surface area contributed by atoms with Crippen molar-refractivity contribution in [1.82, 2.24) is 4.90 Å². The van der Waals surface area contributed by atoms with Crippen molar-refractivity contribution in [3.8, 4) is 5.75 Å². The first-order valence-corrected chi connectivity index (χ1v) is 12.3. The van der Waals surface area contributed by atoms with Gasteiger partial charge in [0.05, 0.1) is 10.9 Å². The van der Waals surface area contributed by atoms with Crippen LogP contribution in [0.4, 0.5) is 10.1 Å². The van der Waals surface area contributed by atoms with Crippen LogP contribution < -0.4 is 10.1 Å². The van der Waals surface area contributed by atoms with E-state index in [1.807, 2.05) is 23.1 Å². The predicted octanol–water partition coefficient (Wildman–Crippen LogP) is 5.11. The average Bonchev–Trinajstić information content (AvgIpc) is 3.51. The Morgan fingerprint density at radius 1 is 1.17 bits per heavy atom. The highest BCUT2D eigenvalue weighted by molar-refractivity contribution is 6.32. The van der Waals surface area contributed by atoms with E-state index in [9.17, 15) is 19.3 Å². The van der Waals surface area contributed by atoms with Crippen LogP contribution in [0.1, 0.15) is 35.4 Å². The summed E-state index contributed by atoms with van der Waals surface area (Å²) in [5, 5.41) is 15.9. The molecule has 0 aromatic heterocycles. The van der Waals surface area contributed by atoms with Gasteiger partial charge in [-0.2, -0.15) is 0 Å². The Labute approximate surface area is 212 Å². The molecule has 36 heavy (non-hydrogen) atoms. The smallest absolute Gasteiger partial charge is 0.256 e. The van der Waals surface area contributed by atoms with Crippen LogP contribution in [-0.4, -0.2) is 34.4 Å². The molecule has 1 spiro atoms. The van der Waals surface area contributed by atoms with Gasteiger partial charge in [-0.05, 0) is 54.3 Å². The molecule has 4 atom stereocenters. The van der Waals surface area contributed by atoms with E-state index in [2.05, 4.69) is 5.32 Å². The van der Waals surface area contributed by atoms with Crippen molar-refractivity contribution >= 4 is 23.2 Å². The van der Waals surface area contributed by atoms with E-state index < -0.39 is 17.5 Å². The van der Waals surface area contributed by atoms with Gasteiger partial charge in [-0.25, -0.2) is 4.39 Å². The first-order chi connectivity index (χ1) is 17.4. The Hall–Kier alpha value is -3.49. The summed E-state index contributed by atoms with van der Waals surface area (Å²) < 4.78 is 19.3. The van der Waals surface area contributed by atoms with E-state index in [0.29, 0.717) is 39.7 Å². The van der Waals surface area contributed by atoms with Gasteiger partial charge in [0.25, 0.3) is 11.9 Å². The molecule has 9 heteroatoms. The molecule has 6 rings (SSSR count). The number of anilines is 1. The number of hydrogen-bond donors (Lipinski definition) is 1. The summed E-state index contributed by atoms with van der Waals surface area (Å²) in [6, 6.07) is 17.2. The zero-order valence-corrected chi connectivity index (χ0v) is 20.0. The van der Waals surface area contributed by atoms with Crippen molar-refractivity contribution in [2.45, 2.75) is 43.0 Å². The van der Waals surface area contributed by atoms with Crippen molar-refractivity contribution in [3.05, 3.63) is 104 Å². The fraction of sp³-hybridized carbons (Fsp3) is 0.296. The Morgan fingerprint density at radius 3 is 2.78 bits per heavy atom. The molecule has 0 saturated carbocycles. The molecular formula is C27H23ClFN3O4. The van der Waals surface area contributed by atoms with Gasteiger partial charge in [-0.1, -0.05) is 48.0 Å². The van der Waals surface area contributed by atoms with Gasteiger partial charge in [-0.3, -0.25) is 19.8 Å². The number of amides is 1. The van der Waals surface area contributed by atoms with Crippen LogP contribution in [0.2, 0.25) is 5.02 Å². The van der Waals surface area contributed by atoms with Gasteiger partial charge in [0.2, 0.25) is 0 Å². The van der Waals surface area contributed by atoms with Crippen LogP contribution in [0.15, 0.2) is 66.7 Å². The van der Waals surface area contributed by atoms with E-state index >= 15 is 0 Å². The van der Waals surface area contributed by atoms with E-state index in [0.717, 1.165) is 12.8 Å². The molecule has 2 fully saturated rings. The van der Waals surface area contributed by atoms with Gasteiger partial charge in [0.1, 0.15) is 18.2 Å². The average molecular weight is 508 g/mol. The lowest BCUT2D eigenvalue weighted by molar-refractivity contribution is -0.534. The van der Waals surface area contributed by atoms with Gasteiger partial charge < -0.3 is 10.1 Å². The van der Waals surface area contributed by atoms with Crippen molar-refractivity contribution in [3.63, 3.8) is 0 Å². The molecule has 0 bridgehead atoms. The fourth-order valence-corrected chi connectivity index (χ4v) is 6.65. The lowest BCUT2D eigenvalue weighted by Gasteiger charge is -2.32. The van der Waals surface area contributed by atoms with E-state index in [1.54, 1.807) is 36.4 Å². The van der Waals surface area contributed by atoms with Gasteiger partial charge in [-0.15, -0.1) is 0 Å². The number of carbonyl (C=O) groups excluding carboxylic acids is 1. The van der Waals surface area contributed by atoms with Gasteiger partial charge in [0.15, 0.2) is 5.54 Å². The molecule has 3 aromatic carbocycles. The van der Waals surface area contributed by atoms with Crippen molar-refractivity contribution < 1.29 is 18.8 Å². The molecule has 3 aliphatic rings. The second-order valence-corrected chi connectivity index (χ2v) is 9.94. The first-order valence-electron chi connectivity index (χ1n) is 11.9. The summed E-state index contributed by atoms with van der Waals surface area (Å²) >= 11 is 6.57. The van der Waals surface area contributed by atoms with E-state index in [4.69, 9.17) is 16.3 Å². The van der Waals surface area contributed by atoms with Gasteiger partial charge in [0, 0.05) is 28.8 Å². The minimum absolute atomic E-state index is 0.133. The third-order valence-corrected chi connectivity index (χ3v) is 8.01. The maximum absolute atomic E-state index is 13.5. The lowest BCUT2D eigenvalue weighted by atomic mass is 9.77. The molecule has 184 valence electrons. The van der Waals surface area contributed by atoms with E-state index in [-0.39, 0.29) is 29.3 Å². The zero-order valence-electron chi connectivity index (χ0n) is 19.2. The summed E-state index contributed by atoms with van der Waals surface area (Å²) in [5.41, 5.74) is 1.27. The number of ether oxygens (including phenoxy) is 1. The van der Waals surface area contributed by atoms with Crippen LogP contribution in [0, 0.1) is 15.9 Å². The van der Waals surface area contributed by atoms with Crippen LogP contribution in [-0.2, 0) is 16.9 Å². The number of nitrogens with one attached hydrogen (secondary N) is 1. The molecule has 0 radical (unpaired) electrons. The number of para-hydroxylation sites is 1. The molecule has 3 aromatic rings. The molecular weight excluding hydrogens is 485 g/mol. The number of halogens is 2. The Bertz CT molecular complexity index is 1380. The topological polar surface area (TPSA) is 84.7 Å². The number of nitro groups is 1. The minimum Gasteiger partial charge on any atom is -0.487 e. The normalized spacial score (nSPS) is 26.6. The zero-order chi connectivity index (χ0) is 25.0. The minimum atomic E-state index is -1.37. The van der Waals surface area contributed by atoms with Gasteiger partial charge >= 0.3 is 0 Å². The summed E-state index contributed by atoms with van der Waals surface area (Å²) in [4.78, 5) is 27.9. The SMILES string of the molecule is O=C1Nc2ccccc2[C@]12[C@H]([N+](=O)[O-])[C@H](c1ccc(OCc3cccc(F)c3)c(Cl)c1)[C@H]1CCCN12. The molecule has 1 amide bonds. The van der Waals surface area contributed by atoms with Crippen LogP contribution in [0.25, 0.3) is 0 Å². The number of fused-ring (bicyclic) bond motifs is 4. The molecule has 3 aliphatic heterocycles. The highest BCUT2D eigenvalue weighted by Gasteiger charge is 2.73. The standard InChI is InChI=1S/C27H23ClFN3O4/c28-20-14-17(10-11-23(20)36-15-16-5-3-6-18(29)13-16)24-22-9-4-12-31(22)27(25(24)32(34)35)19-7-1-2-8-21(19)30-26(27)33/h1-3,5-8,10-11,13-14,22,24-25H,4,9,12,15H2,(H,30,33)/t22-,24-,25-,27+/m1/s1. The molecule has 2 saturated heterocycles. The quantitative estimate of drug-likeness (QED) is 0.383. The summed E-state index contributed by atoms with van der Waals surface area (Å²) in [6.07, 6.45) is 1.60. The molecule has 0 unspecified atom stereocenters. The van der Waals surface area contributed by atoms with Crippen molar-refractivity contribution in [2.75, 3.05) is 11.9 Å². The number of nitrogens with zero attached hydrogens (tertiary/aromatic N) is 2. The maximum Gasteiger partial charge on any atom is 0.256 e. The van der Waals surface area contributed by atoms with Crippen molar-refractivity contribution in [2.24, 2.45) is 0 Å². The fourth-order valence-electron chi connectivity index (χ4n) is 6.40. The second kappa shape index (κ2) is 8.57. The molecule has 3 heterocycles. The molecule has 1 N–H and O–H groups in total. The maximum atomic E-state index is 13.5. The van der Waals surface area contributed by atoms with E-state index in [1.165, 1.54) is 12.1 Å². The molecule has 7 nitrogen and oxygen atoms in total. The van der Waals surface area contributed by atoms with Crippen LogP contribution in [0.5, 0.6) is 5.75 Å². The largest absolute Gasteiger partial charge is 0.487 e. The highest BCUT2D eigenvalue weighted by atomic mass is 35.5. The summed E-state index contributed by atoms with van der Waals surface area (Å²) in [5.74, 6) is -0.824. The first kappa shape index (κ1) is 22.9. The number of carbonyl (C=O) groups is 1. The monoisotopic (exact) mass is 507 g/mol. The number of hydrogen-bond acceptors (Lipinski definition) is 5. The Balaban J connectivity index is 1.38. The lowest BCUT2D eigenvalue weighted by Crippen LogP contribution is -2.55. The predicted molar refractivity (Wildman–Crippen MR) is 132 cm³/mol. The summed E-state index contributed by atoms with van der Waals surface area (Å²) in [7, 11) is 0. The highest BCUT2D eigenvalue weighted by Crippen LogP contribution is 2.58. The molecule has 0 aliphatic carbocycles. The van der Waals surface area contributed by atoms with Crippen LogP contribution in [0.3, 0.4) is 0 Å². The third kappa shape index (κ3) is 3.32. The number of benzene rings is 3.